The highest BCUT2D eigenvalue weighted by molar-refractivity contribution is 5.91. The second-order valence-corrected chi connectivity index (χ2v) is 5.86. The van der Waals surface area contributed by atoms with E-state index >= 15 is 0 Å². The maximum absolute atomic E-state index is 12.1. The van der Waals surface area contributed by atoms with E-state index in [1.54, 1.807) is 23.0 Å². The Morgan fingerprint density at radius 2 is 2.12 bits per heavy atom. The number of aromatic nitrogens is 3. The average molecular weight is 340 g/mol. The molecule has 7 heteroatoms. The van der Waals surface area contributed by atoms with E-state index in [0.717, 1.165) is 11.3 Å². The maximum Gasteiger partial charge on any atom is 0.287 e. The van der Waals surface area contributed by atoms with Crippen molar-refractivity contribution >= 4 is 5.91 Å². The molecule has 0 radical (unpaired) electrons. The van der Waals surface area contributed by atoms with Gasteiger partial charge in [0.05, 0.1) is 6.54 Å². The molecule has 1 aromatic carbocycles. The Labute approximate surface area is 145 Å². The molecule has 0 aliphatic rings. The zero-order valence-corrected chi connectivity index (χ0v) is 14.4. The van der Waals surface area contributed by atoms with E-state index in [1.807, 2.05) is 33.0 Å². The first kappa shape index (κ1) is 16.8. The Kier molecular flexibility index (Phi) is 4.83. The summed E-state index contributed by atoms with van der Waals surface area (Å²) in [5.41, 5.74) is 2.25. The summed E-state index contributed by atoms with van der Waals surface area (Å²) in [6, 6.07) is 9.36. The van der Waals surface area contributed by atoms with Crippen LogP contribution in [-0.4, -0.2) is 20.7 Å². The van der Waals surface area contributed by atoms with Crippen molar-refractivity contribution < 1.29 is 13.9 Å². The average Bonchev–Trinajstić information content (AvgIpc) is 3.21. The molecule has 0 saturated heterocycles. The lowest BCUT2D eigenvalue weighted by atomic mass is 10.1. The molecule has 0 bridgehead atoms. The summed E-state index contributed by atoms with van der Waals surface area (Å²) in [5, 5.41) is 10.4. The minimum Gasteiger partial charge on any atom is -0.485 e. The molecule has 1 N–H and O–H groups in total. The van der Waals surface area contributed by atoms with Crippen molar-refractivity contribution in [1.29, 1.82) is 0 Å². The molecule has 2 heterocycles. The van der Waals surface area contributed by atoms with Crippen LogP contribution in [0.4, 0.5) is 0 Å². The summed E-state index contributed by atoms with van der Waals surface area (Å²) in [6.45, 7) is 4.58. The van der Waals surface area contributed by atoms with Crippen LogP contribution in [0.1, 0.15) is 33.3 Å². The van der Waals surface area contributed by atoms with Gasteiger partial charge in [-0.15, -0.1) is 10.2 Å². The Morgan fingerprint density at radius 1 is 1.28 bits per heavy atom. The standard InChI is InChI=1S/C18H20N4O3/c1-12-4-6-15(13(2)8-12)24-10-14-5-7-16(25-14)18(23)19-9-17-21-20-11-22(17)3/h4-8,11H,9-10H2,1-3H3,(H,19,23). The van der Waals surface area contributed by atoms with Crippen LogP contribution in [0.3, 0.4) is 0 Å². The normalized spacial score (nSPS) is 10.7. The van der Waals surface area contributed by atoms with Gasteiger partial charge in [0.15, 0.2) is 11.6 Å². The van der Waals surface area contributed by atoms with Crippen LogP contribution in [0, 0.1) is 13.8 Å². The smallest absolute Gasteiger partial charge is 0.287 e. The van der Waals surface area contributed by atoms with Crippen LogP contribution in [0.15, 0.2) is 41.1 Å². The van der Waals surface area contributed by atoms with Gasteiger partial charge in [-0.1, -0.05) is 17.7 Å². The third kappa shape index (κ3) is 4.06. The molecule has 0 fully saturated rings. The summed E-state index contributed by atoms with van der Waals surface area (Å²) in [5.74, 6) is 1.99. The van der Waals surface area contributed by atoms with Crippen molar-refractivity contribution in [2.24, 2.45) is 7.05 Å². The first-order valence-electron chi connectivity index (χ1n) is 7.93. The predicted octanol–water partition coefficient (Wildman–Crippen LogP) is 2.53. The molecule has 0 saturated carbocycles. The fourth-order valence-corrected chi connectivity index (χ4v) is 2.40. The summed E-state index contributed by atoms with van der Waals surface area (Å²) in [7, 11) is 1.82. The van der Waals surface area contributed by atoms with E-state index < -0.39 is 0 Å². The number of nitrogens with zero attached hydrogens (tertiary/aromatic N) is 3. The van der Waals surface area contributed by atoms with Crippen LogP contribution in [0.5, 0.6) is 5.75 Å². The van der Waals surface area contributed by atoms with E-state index in [0.29, 0.717) is 11.6 Å². The fraction of sp³-hybridized carbons (Fsp3) is 0.278. The van der Waals surface area contributed by atoms with Gasteiger partial charge >= 0.3 is 0 Å². The topological polar surface area (TPSA) is 82.2 Å². The lowest BCUT2D eigenvalue weighted by Crippen LogP contribution is -2.23. The van der Waals surface area contributed by atoms with Crippen LogP contribution in [0.25, 0.3) is 0 Å². The number of nitrogens with one attached hydrogen (secondary N) is 1. The molecule has 0 aliphatic heterocycles. The summed E-state index contributed by atoms with van der Waals surface area (Å²) >= 11 is 0. The molecular formula is C18H20N4O3. The maximum atomic E-state index is 12.1. The molecule has 0 aliphatic carbocycles. The zero-order valence-electron chi connectivity index (χ0n) is 14.4. The van der Waals surface area contributed by atoms with E-state index in [1.165, 1.54) is 5.56 Å². The van der Waals surface area contributed by atoms with Crippen molar-refractivity contribution in [3.8, 4) is 5.75 Å². The third-order valence-corrected chi connectivity index (χ3v) is 3.80. The van der Waals surface area contributed by atoms with E-state index in [-0.39, 0.29) is 24.8 Å². The quantitative estimate of drug-likeness (QED) is 0.746. The van der Waals surface area contributed by atoms with Gasteiger partial charge in [-0.05, 0) is 37.6 Å². The van der Waals surface area contributed by atoms with Gasteiger partial charge in [-0.3, -0.25) is 4.79 Å². The first-order chi connectivity index (χ1) is 12.0. The van der Waals surface area contributed by atoms with Gasteiger partial charge in [-0.25, -0.2) is 0 Å². The van der Waals surface area contributed by atoms with Crippen LogP contribution < -0.4 is 10.1 Å². The molecule has 0 spiro atoms. The Hall–Kier alpha value is -3.09. The molecule has 0 atom stereocenters. The SMILES string of the molecule is Cc1ccc(OCc2ccc(C(=O)NCc3nncn3C)o2)c(C)c1. The molecule has 3 rings (SSSR count). The third-order valence-electron chi connectivity index (χ3n) is 3.80. The Morgan fingerprint density at radius 3 is 2.84 bits per heavy atom. The molecule has 130 valence electrons. The number of carbonyl (C=O) groups is 1. The number of furan rings is 1. The van der Waals surface area contributed by atoms with Gasteiger partial charge in [-0.2, -0.15) is 0 Å². The van der Waals surface area contributed by atoms with Crippen LogP contribution in [0.2, 0.25) is 0 Å². The van der Waals surface area contributed by atoms with Crippen molar-refractivity contribution in [2.75, 3.05) is 0 Å². The van der Waals surface area contributed by atoms with Crippen molar-refractivity contribution in [1.82, 2.24) is 20.1 Å². The summed E-state index contributed by atoms with van der Waals surface area (Å²) < 4.78 is 13.1. The molecule has 3 aromatic rings. The first-order valence-corrected chi connectivity index (χ1v) is 7.93. The van der Waals surface area contributed by atoms with E-state index in [9.17, 15) is 4.79 Å². The number of hydrogen-bond donors (Lipinski definition) is 1. The van der Waals surface area contributed by atoms with Crippen molar-refractivity contribution in [2.45, 2.75) is 27.0 Å². The summed E-state index contributed by atoms with van der Waals surface area (Å²) in [4.78, 5) is 12.1. The van der Waals surface area contributed by atoms with Gasteiger partial charge in [0.2, 0.25) is 0 Å². The lowest BCUT2D eigenvalue weighted by molar-refractivity contribution is 0.0917. The highest BCUT2D eigenvalue weighted by Crippen LogP contribution is 2.20. The van der Waals surface area contributed by atoms with E-state index in [4.69, 9.17) is 9.15 Å². The van der Waals surface area contributed by atoms with Gasteiger partial charge < -0.3 is 19.0 Å². The Balaban J connectivity index is 1.56. The second kappa shape index (κ2) is 7.21. The second-order valence-electron chi connectivity index (χ2n) is 5.86. The van der Waals surface area contributed by atoms with Crippen molar-refractivity contribution in [3.63, 3.8) is 0 Å². The number of aryl methyl sites for hydroxylation is 3. The fourth-order valence-electron chi connectivity index (χ4n) is 2.40. The summed E-state index contributed by atoms with van der Waals surface area (Å²) in [6.07, 6.45) is 1.58. The molecule has 25 heavy (non-hydrogen) atoms. The number of carbonyl (C=O) groups excluding carboxylic acids is 1. The van der Waals surface area contributed by atoms with Crippen LogP contribution >= 0.6 is 0 Å². The molecular weight excluding hydrogens is 320 g/mol. The number of hydrogen-bond acceptors (Lipinski definition) is 5. The van der Waals surface area contributed by atoms with Gasteiger partial charge in [0.25, 0.3) is 5.91 Å². The Bertz CT molecular complexity index is 882. The predicted molar refractivity (Wildman–Crippen MR) is 91.1 cm³/mol. The van der Waals surface area contributed by atoms with Crippen LogP contribution in [-0.2, 0) is 20.2 Å². The number of ether oxygens (including phenoxy) is 1. The highest BCUT2D eigenvalue weighted by atomic mass is 16.5. The number of rotatable bonds is 6. The molecule has 7 nitrogen and oxygen atoms in total. The zero-order chi connectivity index (χ0) is 17.8. The lowest BCUT2D eigenvalue weighted by Gasteiger charge is -2.08. The highest BCUT2D eigenvalue weighted by Gasteiger charge is 2.13. The molecule has 2 aromatic heterocycles. The number of benzene rings is 1. The largest absolute Gasteiger partial charge is 0.485 e. The minimum atomic E-state index is -0.305. The molecule has 1 amide bonds. The molecule has 0 unspecified atom stereocenters. The number of amides is 1. The van der Waals surface area contributed by atoms with Gasteiger partial charge in [0, 0.05) is 7.05 Å². The van der Waals surface area contributed by atoms with E-state index in [2.05, 4.69) is 21.6 Å². The monoisotopic (exact) mass is 340 g/mol. The van der Waals surface area contributed by atoms with Crippen molar-refractivity contribution in [3.05, 3.63) is 65.1 Å². The minimum absolute atomic E-state index is 0.237. The van der Waals surface area contributed by atoms with Gasteiger partial charge in [0.1, 0.15) is 24.4 Å².